The van der Waals surface area contributed by atoms with E-state index in [2.05, 4.69) is 36.8 Å². The molecule has 1 rings (SSSR count). The van der Waals surface area contributed by atoms with E-state index in [-0.39, 0.29) is 18.4 Å². The fourth-order valence-electron chi connectivity index (χ4n) is 1.81. The predicted molar refractivity (Wildman–Crippen MR) is 85.5 cm³/mol. The molecule has 0 heterocycles. The fourth-order valence-corrected chi connectivity index (χ4v) is 2.75. The Morgan fingerprint density at radius 1 is 1.24 bits per heavy atom. The Hall–Kier alpha value is -1.49. The van der Waals surface area contributed by atoms with Crippen molar-refractivity contribution in [2.75, 3.05) is 26.0 Å². The molecule has 1 aromatic carbocycles. The Balaban J connectivity index is 2.44. The van der Waals surface area contributed by atoms with Gasteiger partial charge in [0.25, 0.3) is 0 Å². The number of carbonyl (C=O) groups is 2. The summed E-state index contributed by atoms with van der Waals surface area (Å²) in [6.45, 7) is 6.57. The molecule has 0 radical (unpaired) electrons. The van der Waals surface area contributed by atoms with E-state index in [0.29, 0.717) is 18.7 Å². The van der Waals surface area contributed by atoms with Crippen molar-refractivity contribution in [2.24, 2.45) is 0 Å². The molecule has 21 heavy (non-hydrogen) atoms. The van der Waals surface area contributed by atoms with Gasteiger partial charge in [-0.05, 0) is 44.0 Å². The molecule has 0 aliphatic rings. The first kappa shape index (κ1) is 17.6. The summed E-state index contributed by atoms with van der Waals surface area (Å²) >= 11 is 1.66. The standard InChI is InChI=1S/C16H23NO3S/c1-5-17(11-16(19)20-4)15(18)8-9-21-14-7-6-12(2)13(3)10-14/h6-7,10H,5,8-9,11H2,1-4H3. The predicted octanol–water partition coefficient (Wildman–Crippen LogP) is 2.81. The Bertz CT molecular complexity index is 502. The normalized spacial score (nSPS) is 10.3. The zero-order valence-corrected chi connectivity index (χ0v) is 14.0. The average molecular weight is 309 g/mol. The Morgan fingerprint density at radius 2 is 1.95 bits per heavy atom. The van der Waals surface area contributed by atoms with Gasteiger partial charge in [0.05, 0.1) is 7.11 Å². The maximum atomic E-state index is 12.0. The number of methoxy groups -OCH3 is 1. The van der Waals surface area contributed by atoms with Crippen molar-refractivity contribution in [1.29, 1.82) is 0 Å². The van der Waals surface area contributed by atoms with Crippen LogP contribution in [-0.4, -0.2) is 42.7 Å². The Morgan fingerprint density at radius 3 is 2.52 bits per heavy atom. The van der Waals surface area contributed by atoms with Gasteiger partial charge in [-0.1, -0.05) is 6.07 Å². The lowest BCUT2D eigenvalue weighted by Gasteiger charge is -2.19. The fraction of sp³-hybridized carbons (Fsp3) is 0.500. The number of carbonyl (C=O) groups excluding carboxylic acids is 2. The highest BCUT2D eigenvalue weighted by molar-refractivity contribution is 7.99. The van der Waals surface area contributed by atoms with Crippen molar-refractivity contribution < 1.29 is 14.3 Å². The lowest BCUT2D eigenvalue weighted by molar-refractivity contribution is -0.146. The first-order valence-electron chi connectivity index (χ1n) is 7.02. The van der Waals surface area contributed by atoms with E-state index in [0.717, 1.165) is 0 Å². The van der Waals surface area contributed by atoms with E-state index in [4.69, 9.17) is 0 Å². The zero-order valence-electron chi connectivity index (χ0n) is 13.1. The molecular formula is C16H23NO3S. The summed E-state index contributed by atoms with van der Waals surface area (Å²) < 4.78 is 4.59. The summed E-state index contributed by atoms with van der Waals surface area (Å²) in [7, 11) is 1.33. The van der Waals surface area contributed by atoms with Gasteiger partial charge in [0.1, 0.15) is 6.54 Å². The minimum absolute atomic E-state index is 0.0146. The number of rotatable bonds is 7. The van der Waals surface area contributed by atoms with E-state index in [9.17, 15) is 9.59 Å². The van der Waals surface area contributed by atoms with Gasteiger partial charge in [0.15, 0.2) is 0 Å². The molecule has 0 atom stereocenters. The molecular weight excluding hydrogens is 286 g/mol. The number of esters is 1. The summed E-state index contributed by atoms with van der Waals surface area (Å²) in [5, 5.41) is 0. The third kappa shape index (κ3) is 5.79. The van der Waals surface area contributed by atoms with E-state index in [1.165, 1.54) is 28.0 Å². The molecule has 116 valence electrons. The van der Waals surface area contributed by atoms with Gasteiger partial charge in [-0.3, -0.25) is 9.59 Å². The van der Waals surface area contributed by atoms with Crippen LogP contribution in [0.15, 0.2) is 23.1 Å². The van der Waals surface area contributed by atoms with E-state index < -0.39 is 0 Å². The highest BCUT2D eigenvalue weighted by atomic mass is 32.2. The molecule has 4 nitrogen and oxygen atoms in total. The van der Waals surface area contributed by atoms with Crippen LogP contribution in [0.1, 0.15) is 24.5 Å². The SMILES string of the molecule is CCN(CC(=O)OC)C(=O)CCSc1ccc(C)c(C)c1. The van der Waals surface area contributed by atoms with Crippen LogP contribution in [0.25, 0.3) is 0 Å². The molecule has 1 amide bonds. The molecule has 0 spiro atoms. The van der Waals surface area contributed by atoms with Crippen molar-refractivity contribution >= 4 is 23.6 Å². The second-order valence-electron chi connectivity index (χ2n) is 4.83. The zero-order chi connectivity index (χ0) is 15.8. The number of likely N-dealkylation sites (N-methyl/N-ethyl adjacent to an activating group) is 1. The van der Waals surface area contributed by atoms with Crippen LogP contribution in [-0.2, 0) is 14.3 Å². The topological polar surface area (TPSA) is 46.6 Å². The third-order valence-electron chi connectivity index (χ3n) is 3.35. The van der Waals surface area contributed by atoms with Crippen molar-refractivity contribution in [3.8, 4) is 0 Å². The van der Waals surface area contributed by atoms with Crippen LogP contribution in [0.3, 0.4) is 0 Å². The quantitative estimate of drug-likeness (QED) is 0.574. The van der Waals surface area contributed by atoms with Crippen molar-refractivity contribution in [1.82, 2.24) is 4.90 Å². The minimum Gasteiger partial charge on any atom is -0.468 e. The maximum Gasteiger partial charge on any atom is 0.325 e. The van der Waals surface area contributed by atoms with Gasteiger partial charge >= 0.3 is 5.97 Å². The van der Waals surface area contributed by atoms with Crippen molar-refractivity contribution in [3.05, 3.63) is 29.3 Å². The number of thioether (sulfide) groups is 1. The van der Waals surface area contributed by atoms with Gasteiger partial charge in [-0.2, -0.15) is 0 Å². The molecule has 0 aliphatic heterocycles. The first-order chi connectivity index (χ1) is 9.97. The second kappa shape index (κ2) is 8.72. The van der Waals surface area contributed by atoms with Crippen molar-refractivity contribution in [2.45, 2.75) is 32.1 Å². The van der Waals surface area contributed by atoms with Gasteiger partial charge < -0.3 is 9.64 Å². The highest BCUT2D eigenvalue weighted by Gasteiger charge is 2.15. The van der Waals surface area contributed by atoms with E-state index >= 15 is 0 Å². The number of benzene rings is 1. The highest BCUT2D eigenvalue weighted by Crippen LogP contribution is 2.21. The lowest BCUT2D eigenvalue weighted by Crippen LogP contribution is -2.36. The molecule has 0 unspecified atom stereocenters. The van der Waals surface area contributed by atoms with Crippen LogP contribution in [0.5, 0.6) is 0 Å². The smallest absolute Gasteiger partial charge is 0.325 e. The number of hydrogen-bond acceptors (Lipinski definition) is 4. The summed E-state index contributed by atoms with van der Waals surface area (Å²) in [6.07, 6.45) is 0.419. The van der Waals surface area contributed by atoms with Crippen LogP contribution in [0.4, 0.5) is 0 Å². The molecule has 0 N–H and O–H groups in total. The number of amides is 1. The van der Waals surface area contributed by atoms with Crippen LogP contribution < -0.4 is 0 Å². The number of hydrogen-bond donors (Lipinski definition) is 0. The summed E-state index contributed by atoms with van der Waals surface area (Å²) in [6, 6.07) is 6.30. The lowest BCUT2D eigenvalue weighted by atomic mass is 10.1. The Kier molecular flexibility index (Phi) is 7.29. The minimum atomic E-state index is -0.382. The number of nitrogens with zero attached hydrogens (tertiary/aromatic N) is 1. The number of ether oxygens (including phenoxy) is 1. The molecule has 0 bridgehead atoms. The van der Waals surface area contributed by atoms with Crippen LogP contribution >= 0.6 is 11.8 Å². The summed E-state index contributed by atoms with van der Waals surface area (Å²) in [5.74, 6) is 0.310. The molecule has 0 aliphatic carbocycles. The molecule has 1 aromatic rings. The average Bonchev–Trinajstić information content (AvgIpc) is 2.47. The molecule has 5 heteroatoms. The van der Waals surface area contributed by atoms with Crippen molar-refractivity contribution in [3.63, 3.8) is 0 Å². The maximum absolute atomic E-state index is 12.0. The Labute approximate surface area is 130 Å². The van der Waals surface area contributed by atoms with Crippen LogP contribution in [0.2, 0.25) is 0 Å². The molecule has 0 saturated heterocycles. The van der Waals surface area contributed by atoms with Gasteiger partial charge in [-0.25, -0.2) is 0 Å². The summed E-state index contributed by atoms with van der Waals surface area (Å²) in [4.78, 5) is 26.0. The van der Waals surface area contributed by atoms with E-state index in [1.54, 1.807) is 11.8 Å². The number of aryl methyl sites for hydroxylation is 2. The summed E-state index contributed by atoms with van der Waals surface area (Å²) in [5.41, 5.74) is 2.53. The monoisotopic (exact) mass is 309 g/mol. The van der Waals surface area contributed by atoms with Gasteiger partial charge in [0.2, 0.25) is 5.91 Å². The molecule has 0 aromatic heterocycles. The first-order valence-corrected chi connectivity index (χ1v) is 8.01. The van der Waals surface area contributed by atoms with Gasteiger partial charge in [-0.15, -0.1) is 11.8 Å². The third-order valence-corrected chi connectivity index (χ3v) is 4.34. The largest absolute Gasteiger partial charge is 0.468 e. The van der Waals surface area contributed by atoms with Gasteiger partial charge in [0, 0.05) is 23.6 Å². The van der Waals surface area contributed by atoms with Crippen LogP contribution in [0, 0.1) is 13.8 Å². The molecule has 0 fully saturated rings. The van der Waals surface area contributed by atoms with E-state index in [1.807, 2.05) is 6.92 Å². The second-order valence-corrected chi connectivity index (χ2v) is 6.00. The molecule has 0 saturated carbocycles.